The highest BCUT2D eigenvalue weighted by Gasteiger charge is 2.13. The Morgan fingerprint density at radius 2 is 2.00 bits per heavy atom. The van der Waals surface area contributed by atoms with E-state index in [4.69, 9.17) is 5.73 Å². The number of hydrogen-bond donors (Lipinski definition) is 1. The molecule has 14 heavy (non-hydrogen) atoms. The summed E-state index contributed by atoms with van der Waals surface area (Å²) >= 11 is 0. The van der Waals surface area contributed by atoms with Gasteiger partial charge in [-0.3, -0.25) is 0 Å². The van der Waals surface area contributed by atoms with Crippen molar-refractivity contribution >= 4 is 11.4 Å². The second-order valence-corrected chi connectivity index (χ2v) is 3.79. The maximum absolute atomic E-state index is 5.70. The Morgan fingerprint density at radius 3 is 2.64 bits per heavy atom. The van der Waals surface area contributed by atoms with Crippen molar-refractivity contribution < 1.29 is 0 Å². The Labute approximate surface area is 85.1 Å². The first-order chi connectivity index (χ1) is 6.75. The average Bonchev–Trinajstić information content (AvgIpc) is 2.19. The molecule has 2 N–H and O–H groups in total. The molecule has 1 aliphatic rings. The van der Waals surface area contributed by atoms with Crippen LogP contribution in [0.4, 0.5) is 11.4 Å². The number of nitrogens with two attached hydrogens (primary N) is 1. The highest BCUT2D eigenvalue weighted by atomic mass is 15.2. The van der Waals surface area contributed by atoms with Crippen LogP contribution in [0.5, 0.6) is 0 Å². The van der Waals surface area contributed by atoms with Crippen LogP contribution in [0, 0.1) is 6.07 Å². The smallest absolute Gasteiger partial charge is 0.0415 e. The van der Waals surface area contributed by atoms with Gasteiger partial charge in [-0.15, -0.1) is 0 Å². The van der Waals surface area contributed by atoms with Gasteiger partial charge in [0.25, 0.3) is 0 Å². The van der Waals surface area contributed by atoms with Crippen molar-refractivity contribution in [2.75, 3.05) is 43.9 Å². The molecule has 3 heteroatoms. The van der Waals surface area contributed by atoms with Gasteiger partial charge in [-0.05, 0) is 19.2 Å². The van der Waals surface area contributed by atoms with Gasteiger partial charge in [0.05, 0.1) is 0 Å². The minimum Gasteiger partial charge on any atom is -0.398 e. The van der Waals surface area contributed by atoms with E-state index < -0.39 is 0 Å². The van der Waals surface area contributed by atoms with Crippen LogP contribution in [0.3, 0.4) is 0 Å². The normalized spacial score (nSPS) is 18.5. The fraction of sp³-hybridized carbons (Fsp3) is 0.455. The number of hydrogen-bond acceptors (Lipinski definition) is 3. The predicted molar refractivity (Wildman–Crippen MR) is 59.4 cm³/mol. The van der Waals surface area contributed by atoms with E-state index in [9.17, 15) is 0 Å². The van der Waals surface area contributed by atoms with Crippen LogP contribution in [0.15, 0.2) is 18.2 Å². The maximum Gasteiger partial charge on any atom is 0.0415 e. The van der Waals surface area contributed by atoms with E-state index in [2.05, 4.69) is 29.0 Å². The van der Waals surface area contributed by atoms with E-state index >= 15 is 0 Å². The monoisotopic (exact) mass is 190 g/mol. The third-order valence-electron chi connectivity index (χ3n) is 2.68. The van der Waals surface area contributed by atoms with E-state index in [0.29, 0.717) is 0 Å². The molecule has 0 aliphatic carbocycles. The van der Waals surface area contributed by atoms with Gasteiger partial charge >= 0.3 is 0 Å². The standard InChI is InChI=1S/C11H16N3/c1-13-5-7-14(8-6-13)11-4-2-3-10(12)9-11/h2,4,9H,5-8,12H2,1H3. The van der Waals surface area contributed by atoms with E-state index in [1.54, 1.807) is 0 Å². The minimum atomic E-state index is 0.724. The number of benzene rings is 1. The van der Waals surface area contributed by atoms with Crippen molar-refractivity contribution in [1.29, 1.82) is 0 Å². The SMILES string of the molecule is CN1CCN(c2cc[c]c(N)c2)CC1. The Bertz CT molecular complexity index is 303. The second-order valence-electron chi connectivity index (χ2n) is 3.79. The summed E-state index contributed by atoms with van der Waals surface area (Å²) in [5.41, 5.74) is 7.64. The summed E-state index contributed by atoms with van der Waals surface area (Å²) in [6.45, 7) is 4.41. The van der Waals surface area contributed by atoms with Crippen molar-refractivity contribution in [3.8, 4) is 0 Å². The highest BCUT2D eigenvalue weighted by Crippen LogP contribution is 2.18. The van der Waals surface area contributed by atoms with Gasteiger partial charge in [-0.1, -0.05) is 6.07 Å². The van der Waals surface area contributed by atoms with Gasteiger partial charge in [0.1, 0.15) is 0 Å². The molecule has 1 aromatic carbocycles. The molecule has 0 atom stereocenters. The summed E-state index contributed by atoms with van der Waals surface area (Å²) in [5.74, 6) is 0. The zero-order valence-corrected chi connectivity index (χ0v) is 8.53. The van der Waals surface area contributed by atoms with E-state index in [0.717, 1.165) is 31.9 Å². The van der Waals surface area contributed by atoms with Crippen LogP contribution in [-0.4, -0.2) is 38.1 Å². The summed E-state index contributed by atoms with van der Waals surface area (Å²) in [7, 11) is 2.16. The molecule has 0 aromatic heterocycles. The molecule has 2 rings (SSSR count). The fourth-order valence-electron chi connectivity index (χ4n) is 1.73. The molecule has 1 radical (unpaired) electrons. The topological polar surface area (TPSA) is 32.5 Å². The van der Waals surface area contributed by atoms with Crippen molar-refractivity contribution in [3.05, 3.63) is 24.3 Å². The molecule has 0 amide bonds. The lowest BCUT2D eigenvalue weighted by Crippen LogP contribution is -2.44. The molecule has 0 bridgehead atoms. The molecule has 0 unspecified atom stereocenters. The van der Waals surface area contributed by atoms with E-state index in [1.807, 2.05) is 12.1 Å². The summed E-state index contributed by atoms with van der Waals surface area (Å²) < 4.78 is 0. The van der Waals surface area contributed by atoms with Gasteiger partial charge in [0.2, 0.25) is 0 Å². The van der Waals surface area contributed by atoms with Gasteiger partial charge in [-0.2, -0.15) is 0 Å². The summed E-state index contributed by atoms with van der Waals surface area (Å²) in [6, 6.07) is 8.91. The minimum absolute atomic E-state index is 0.724. The van der Waals surface area contributed by atoms with Crippen molar-refractivity contribution in [2.24, 2.45) is 0 Å². The first-order valence-electron chi connectivity index (χ1n) is 4.96. The maximum atomic E-state index is 5.70. The third-order valence-corrected chi connectivity index (χ3v) is 2.68. The van der Waals surface area contributed by atoms with Crippen LogP contribution >= 0.6 is 0 Å². The summed E-state index contributed by atoms with van der Waals surface area (Å²) in [6.07, 6.45) is 0. The molecule has 0 saturated carbocycles. The van der Waals surface area contributed by atoms with Gasteiger partial charge in [-0.25, -0.2) is 0 Å². The number of likely N-dealkylation sites (N-methyl/N-ethyl adjacent to an activating group) is 1. The average molecular weight is 190 g/mol. The first kappa shape index (κ1) is 9.34. The van der Waals surface area contributed by atoms with Gasteiger partial charge in [0, 0.05) is 43.6 Å². The van der Waals surface area contributed by atoms with E-state index in [-0.39, 0.29) is 0 Å². The van der Waals surface area contributed by atoms with Crippen molar-refractivity contribution in [1.82, 2.24) is 4.90 Å². The Balaban J connectivity index is 2.08. The number of nitrogens with zero attached hydrogens (tertiary/aromatic N) is 2. The quantitative estimate of drug-likeness (QED) is 0.665. The lowest BCUT2D eigenvalue weighted by molar-refractivity contribution is 0.313. The Morgan fingerprint density at radius 1 is 1.29 bits per heavy atom. The molecule has 1 aromatic rings. The molecule has 1 heterocycles. The van der Waals surface area contributed by atoms with Crippen LogP contribution in [0.25, 0.3) is 0 Å². The molecule has 0 spiro atoms. The van der Waals surface area contributed by atoms with Crippen LogP contribution < -0.4 is 10.6 Å². The lowest BCUT2D eigenvalue weighted by atomic mass is 10.2. The largest absolute Gasteiger partial charge is 0.398 e. The van der Waals surface area contributed by atoms with Crippen LogP contribution in [-0.2, 0) is 0 Å². The number of nitrogen functional groups attached to an aromatic ring is 1. The zero-order valence-electron chi connectivity index (χ0n) is 8.53. The van der Waals surface area contributed by atoms with Gasteiger partial charge in [0.15, 0.2) is 0 Å². The number of rotatable bonds is 1. The molecule has 1 fully saturated rings. The van der Waals surface area contributed by atoms with Crippen molar-refractivity contribution in [3.63, 3.8) is 0 Å². The molecule has 1 aliphatic heterocycles. The van der Waals surface area contributed by atoms with E-state index in [1.165, 1.54) is 5.69 Å². The number of piperazine rings is 1. The Kier molecular flexibility index (Phi) is 2.59. The third kappa shape index (κ3) is 1.99. The summed E-state index contributed by atoms with van der Waals surface area (Å²) in [5, 5.41) is 0. The summed E-state index contributed by atoms with van der Waals surface area (Å²) in [4.78, 5) is 4.71. The molecule has 75 valence electrons. The Hall–Kier alpha value is -1.22. The van der Waals surface area contributed by atoms with Crippen LogP contribution in [0.2, 0.25) is 0 Å². The predicted octanol–water partition coefficient (Wildman–Crippen LogP) is 0.821. The first-order valence-corrected chi connectivity index (χ1v) is 4.96. The van der Waals surface area contributed by atoms with Gasteiger partial charge < -0.3 is 15.5 Å². The highest BCUT2D eigenvalue weighted by molar-refractivity contribution is 5.55. The molecular formula is C11H16N3. The second kappa shape index (κ2) is 3.88. The number of anilines is 2. The molecular weight excluding hydrogens is 174 g/mol. The molecule has 3 nitrogen and oxygen atoms in total. The van der Waals surface area contributed by atoms with Crippen molar-refractivity contribution in [2.45, 2.75) is 0 Å². The lowest BCUT2D eigenvalue weighted by Gasteiger charge is -2.34. The molecule has 1 saturated heterocycles. The zero-order chi connectivity index (χ0) is 9.97. The van der Waals surface area contributed by atoms with Crippen LogP contribution in [0.1, 0.15) is 0 Å². The fourth-order valence-corrected chi connectivity index (χ4v) is 1.73.